The number of carbonyl (C=O) groups excluding carboxylic acids is 1. The second kappa shape index (κ2) is 13.6. The van der Waals surface area contributed by atoms with Crippen molar-refractivity contribution in [2.75, 3.05) is 52.5 Å². The maximum atomic E-state index is 11.6. The Morgan fingerprint density at radius 2 is 1.96 bits per heavy atom. The molecule has 0 spiro atoms. The van der Waals surface area contributed by atoms with Crippen molar-refractivity contribution >= 4 is 35.8 Å². The molecule has 1 aliphatic heterocycles. The fraction of sp³-hybridized carbons (Fsp3) is 0.882. The summed E-state index contributed by atoms with van der Waals surface area (Å²) in [5.74, 6) is 1.01. The molecule has 7 nitrogen and oxygen atoms in total. The van der Waals surface area contributed by atoms with Gasteiger partial charge in [0.25, 0.3) is 0 Å². The molecule has 8 heteroatoms. The van der Waals surface area contributed by atoms with Crippen LogP contribution < -0.4 is 16.0 Å². The standard InChI is InChI=1S/C17H33N5O2.HI/c1-2-18-17(19-8-3-5-16(23)21-15-6-7-15)20-9-4-10-22-11-13-24-14-12-22;/h15H,2-14H2,1H3,(H,21,23)(H2,18,19,20);1H. The number of nitrogens with zero attached hydrogens (tertiary/aromatic N) is 2. The molecule has 0 aromatic carbocycles. The molecule has 2 rings (SSSR count). The van der Waals surface area contributed by atoms with E-state index < -0.39 is 0 Å². The Morgan fingerprint density at radius 1 is 1.20 bits per heavy atom. The minimum absolute atomic E-state index is 0. The van der Waals surface area contributed by atoms with Crippen LogP contribution in [0.15, 0.2) is 4.99 Å². The monoisotopic (exact) mass is 467 g/mol. The van der Waals surface area contributed by atoms with Crippen molar-refractivity contribution in [3.8, 4) is 0 Å². The normalized spacial score (nSPS) is 18.4. The van der Waals surface area contributed by atoms with Crippen LogP contribution in [0, 0.1) is 0 Å². The summed E-state index contributed by atoms with van der Waals surface area (Å²) < 4.78 is 5.36. The highest BCUT2D eigenvalue weighted by Crippen LogP contribution is 2.18. The van der Waals surface area contributed by atoms with Crippen LogP contribution in [0.2, 0.25) is 0 Å². The van der Waals surface area contributed by atoms with E-state index in [4.69, 9.17) is 4.74 Å². The minimum atomic E-state index is 0. The summed E-state index contributed by atoms with van der Waals surface area (Å²) in [4.78, 5) is 18.6. The molecule has 2 aliphatic rings. The molecule has 25 heavy (non-hydrogen) atoms. The number of nitrogens with one attached hydrogen (secondary N) is 3. The Balaban J connectivity index is 0.00000312. The molecule has 0 unspecified atom stereocenters. The van der Waals surface area contributed by atoms with Gasteiger partial charge in [0.15, 0.2) is 5.96 Å². The highest BCUT2D eigenvalue weighted by Gasteiger charge is 2.22. The average molecular weight is 467 g/mol. The van der Waals surface area contributed by atoms with Crippen LogP contribution in [0.3, 0.4) is 0 Å². The average Bonchev–Trinajstić information content (AvgIpc) is 3.40. The van der Waals surface area contributed by atoms with Crippen LogP contribution >= 0.6 is 24.0 Å². The minimum Gasteiger partial charge on any atom is -0.379 e. The Labute approximate surface area is 168 Å². The maximum absolute atomic E-state index is 11.6. The van der Waals surface area contributed by atoms with Crippen LogP contribution in [-0.2, 0) is 9.53 Å². The number of hydrogen-bond acceptors (Lipinski definition) is 4. The van der Waals surface area contributed by atoms with Gasteiger partial charge in [-0.25, -0.2) is 0 Å². The first-order valence-corrected chi connectivity index (χ1v) is 9.39. The molecule has 146 valence electrons. The summed E-state index contributed by atoms with van der Waals surface area (Å²) in [6.45, 7) is 9.37. The predicted octanol–water partition coefficient (Wildman–Crippen LogP) is 0.941. The molecule has 0 aromatic rings. The van der Waals surface area contributed by atoms with E-state index in [0.717, 1.165) is 77.6 Å². The number of carbonyl (C=O) groups is 1. The number of morpholine rings is 1. The molecular weight excluding hydrogens is 433 g/mol. The Bertz CT molecular complexity index is 398. The number of ether oxygens (including phenoxy) is 1. The molecule has 3 N–H and O–H groups in total. The third kappa shape index (κ3) is 10.9. The molecule has 1 amide bonds. The van der Waals surface area contributed by atoms with Crippen molar-refractivity contribution < 1.29 is 9.53 Å². The summed E-state index contributed by atoms with van der Waals surface area (Å²) in [5.41, 5.74) is 0. The van der Waals surface area contributed by atoms with Gasteiger partial charge in [0.2, 0.25) is 5.91 Å². The SMILES string of the molecule is CCNC(=NCCCC(=O)NC1CC1)NCCCN1CCOCC1.I. The van der Waals surface area contributed by atoms with Crippen molar-refractivity contribution in [2.45, 2.75) is 45.1 Å². The Morgan fingerprint density at radius 3 is 2.64 bits per heavy atom. The predicted molar refractivity (Wildman–Crippen MR) is 112 cm³/mol. The van der Waals surface area contributed by atoms with Gasteiger partial charge < -0.3 is 20.7 Å². The largest absolute Gasteiger partial charge is 0.379 e. The maximum Gasteiger partial charge on any atom is 0.220 e. The van der Waals surface area contributed by atoms with Gasteiger partial charge in [-0.2, -0.15) is 0 Å². The van der Waals surface area contributed by atoms with Gasteiger partial charge in [0, 0.05) is 45.2 Å². The van der Waals surface area contributed by atoms with Gasteiger partial charge in [-0.1, -0.05) is 0 Å². The first-order valence-electron chi connectivity index (χ1n) is 9.39. The van der Waals surface area contributed by atoms with Gasteiger partial charge >= 0.3 is 0 Å². The second-order valence-corrected chi connectivity index (χ2v) is 6.44. The molecule has 2 fully saturated rings. The quantitative estimate of drug-likeness (QED) is 0.193. The smallest absolute Gasteiger partial charge is 0.220 e. The van der Waals surface area contributed by atoms with E-state index in [1.165, 1.54) is 0 Å². The number of aliphatic imine (C=N–C) groups is 1. The lowest BCUT2D eigenvalue weighted by Gasteiger charge is -2.26. The van der Waals surface area contributed by atoms with Crippen molar-refractivity contribution in [3.05, 3.63) is 0 Å². The second-order valence-electron chi connectivity index (χ2n) is 6.44. The molecule has 0 aromatic heterocycles. The van der Waals surface area contributed by atoms with Gasteiger partial charge in [-0.3, -0.25) is 14.7 Å². The lowest BCUT2D eigenvalue weighted by molar-refractivity contribution is -0.121. The lowest BCUT2D eigenvalue weighted by atomic mass is 10.3. The molecule has 0 atom stereocenters. The van der Waals surface area contributed by atoms with Crippen LogP contribution in [0.4, 0.5) is 0 Å². The number of guanidine groups is 1. The van der Waals surface area contributed by atoms with E-state index in [2.05, 4.69) is 32.8 Å². The summed E-state index contributed by atoms with van der Waals surface area (Å²) in [6.07, 6.45) is 4.74. The number of amides is 1. The van der Waals surface area contributed by atoms with Crippen LogP contribution in [0.25, 0.3) is 0 Å². The van der Waals surface area contributed by atoms with E-state index in [1.54, 1.807) is 0 Å². The molecule has 1 heterocycles. The Hall–Kier alpha value is -0.610. The fourth-order valence-corrected chi connectivity index (χ4v) is 2.63. The van der Waals surface area contributed by atoms with Gasteiger partial charge in [-0.05, 0) is 39.2 Å². The zero-order valence-corrected chi connectivity index (χ0v) is 17.7. The van der Waals surface area contributed by atoms with Gasteiger partial charge in [-0.15, -0.1) is 24.0 Å². The molecular formula is C17H34IN5O2. The summed E-state index contributed by atoms with van der Waals surface area (Å²) in [7, 11) is 0. The van der Waals surface area contributed by atoms with Crippen molar-refractivity contribution in [2.24, 2.45) is 4.99 Å². The summed E-state index contributed by atoms with van der Waals surface area (Å²) in [5, 5.41) is 9.64. The van der Waals surface area contributed by atoms with E-state index in [-0.39, 0.29) is 29.9 Å². The van der Waals surface area contributed by atoms with Gasteiger partial charge in [0.1, 0.15) is 0 Å². The molecule has 1 aliphatic carbocycles. The zero-order valence-electron chi connectivity index (χ0n) is 15.4. The summed E-state index contributed by atoms with van der Waals surface area (Å²) >= 11 is 0. The highest BCUT2D eigenvalue weighted by atomic mass is 127. The van der Waals surface area contributed by atoms with Crippen LogP contribution in [0.1, 0.15) is 39.0 Å². The van der Waals surface area contributed by atoms with Crippen LogP contribution in [-0.4, -0.2) is 75.3 Å². The Kier molecular flexibility index (Phi) is 12.2. The summed E-state index contributed by atoms with van der Waals surface area (Å²) in [6, 6.07) is 0.450. The number of halogens is 1. The van der Waals surface area contributed by atoms with E-state index in [9.17, 15) is 4.79 Å². The van der Waals surface area contributed by atoms with Crippen molar-refractivity contribution in [1.82, 2.24) is 20.9 Å². The van der Waals surface area contributed by atoms with E-state index >= 15 is 0 Å². The third-order valence-electron chi connectivity index (χ3n) is 4.17. The molecule has 0 bridgehead atoms. The molecule has 1 saturated heterocycles. The van der Waals surface area contributed by atoms with Crippen molar-refractivity contribution in [1.29, 1.82) is 0 Å². The first-order chi connectivity index (χ1) is 11.8. The third-order valence-corrected chi connectivity index (χ3v) is 4.17. The van der Waals surface area contributed by atoms with E-state index in [1.807, 2.05) is 0 Å². The molecule has 1 saturated carbocycles. The number of hydrogen-bond donors (Lipinski definition) is 3. The molecule has 0 radical (unpaired) electrons. The fourth-order valence-electron chi connectivity index (χ4n) is 2.63. The van der Waals surface area contributed by atoms with Gasteiger partial charge in [0.05, 0.1) is 13.2 Å². The lowest BCUT2D eigenvalue weighted by Crippen LogP contribution is -2.40. The zero-order chi connectivity index (χ0) is 17.0. The van der Waals surface area contributed by atoms with E-state index in [0.29, 0.717) is 19.0 Å². The first kappa shape index (κ1) is 22.4. The van der Waals surface area contributed by atoms with Crippen LogP contribution in [0.5, 0.6) is 0 Å². The topological polar surface area (TPSA) is 78.0 Å². The number of rotatable bonds is 10. The highest BCUT2D eigenvalue weighted by molar-refractivity contribution is 14.0. The van der Waals surface area contributed by atoms with Crippen molar-refractivity contribution in [3.63, 3.8) is 0 Å².